The van der Waals surface area contributed by atoms with Crippen LogP contribution in [0.15, 0.2) is 49.1 Å². The Morgan fingerprint density at radius 3 is 2.87 bits per heavy atom. The lowest BCUT2D eigenvalue weighted by atomic mass is 9.97. The summed E-state index contributed by atoms with van der Waals surface area (Å²) in [4.78, 5) is 26.0. The summed E-state index contributed by atoms with van der Waals surface area (Å²) in [6.07, 6.45) is 2.18. The molecule has 0 aliphatic carbocycles. The van der Waals surface area contributed by atoms with Crippen molar-refractivity contribution in [1.82, 2.24) is 0 Å². The number of benzene rings is 2. The summed E-state index contributed by atoms with van der Waals surface area (Å²) in [5.74, 6) is -0.299. The van der Waals surface area contributed by atoms with E-state index in [0.29, 0.717) is 18.0 Å². The molecule has 0 aromatic heterocycles. The molecule has 1 unspecified atom stereocenters. The van der Waals surface area contributed by atoms with Gasteiger partial charge in [0.1, 0.15) is 18.2 Å². The topological polar surface area (TPSA) is 81.9 Å². The summed E-state index contributed by atoms with van der Waals surface area (Å²) >= 11 is 0. The number of fused-ring (bicyclic) bond motifs is 1. The number of ether oxygens (including phenoxy) is 2. The Hall–Kier alpha value is -3.19. The average molecular weight is 412 g/mol. The third-order valence-electron chi connectivity index (χ3n) is 5.02. The van der Waals surface area contributed by atoms with Crippen molar-refractivity contribution >= 4 is 17.7 Å². The Morgan fingerprint density at radius 1 is 1.33 bits per heavy atom. The van der Waals surface area contributed by atoms with E-state index < -0.39 is 18.0 Å². The van der Waals surface area contributed by atoms with Gasteiger partial charge in [-0.1, -0.05) is 30.9 Å². The number of aryl methyl sites for hydroxylation is 2. The third-order valence-corrected chi connectivity index (χ3v) is 5.02. The minimum absolute atomic E-state index is 0.0379. The fourth-order valence-corrected chi connectivity index (χ4v) is 3.64. The Balaban J connectivity index is 1.69. The molecule has 3 rings (SSSR count). The SMILES string of the molecule is C=CCOC(=O)Oc1ccc(C(N)CC(=O)N2CCCc3cccc(F)c32)c(C)c1. The predicted octanol–water partition coefficient (Wildman–Crippen LogP) is 4.20. The first-order chi connectivity index (χ1) is 14.4. The van der Waals surface area contributed by atoms with Crippen molar-refractivity contribution in [2.45, 2.75) is 32.2 Å². The maximum Gasteiger partial charge on any atom is 0.514 e. The van der Waals surface area contributed by atoms with E-state index in [0.717, 1.165) is 29.5 Å². The largest absolute Gasteiger partial charge is 0.514 e. The molecule has 0 fully saturated rings. The van der Waals surface area contributed by atoms with Crippen molar-refractivity contribution in [3.05, 3.63) is 71.6 Å². The molecule has 0 saturated carbocycles. The number of para-hydroxylation sites is 1. The molecule has 158 valence electrons. The molecule has 2 aromatic rings. The van der Waals surface area contributed by atoms with E-state index in [1.807, 2.05) is 13.0 Å². The molecule has 0 bridgehead atoms. The number of amides is 1. The molecular weight excluding hydrogens is 387 g/mol. The third kappa shape index (κ3) is 4.86. The van der Waals surface area contributed by atoms with Crippen LogP contribution >= 0.6 is 0 Å². The van der Waals surface area contributed by atoms with Crippen LogP contribution in [0.5, 0.6) is 5.75 Å². The number of carbonyl (C=O) groups is 2. The first kappa shape index (κ1) is 21.5. The minimum Gasteiger partial charge on any atom is -0.430 e. The molecule has 1 atom stereocenters. The number of halogens is 1. The second-order valence-electron chi connectivity index (χ2n) is 7.18. The molecule has 1 aliphatic rings. The van der Waals surface area contributed by atoms with Gasteiger partial charge in [0.2, 0.25) is 5.91 Å². The van der Waals surface area contributed by atoms with Gasteiger partial charge in [0.25, 0.3) is 0 Å². The summed E-state index contributed by atoms with van der Waals surface area (Å²) in [6, 6.07) is 9.27. The van der Waals surface area contributed by atoms with Gasteiger partial charge in [0, 0.05) is 19.0 Å². The summed E-state index contributed by atoms with van der Waals surface area (Å²) in [5, 5.41) is 0. The normalized spacial score (nSPS) is 13.9. The minimum atomic E-state index is -0.827. The number of hydrogen-bond acceptors (Lipinski definition) is 5. The first-order valence-electron chi connectivity index (χ1n) is 9.80. The molecule has 2 N–H and O–H groups in total. The zero-order chi connectivity index (χ0) is 21.7. The highest BCUT2D eigenvalue weighted by molar-refractivity contribution is 5.95. The second-order valence-corrected chi connectivity index (χ2v) is 7.18. The zero-order valence-corrected chi connectivity index (χ0v) is 16.9. The van der Waals surface area contributed by atoms with Crippen molar-refractivity contribution in [3.8, 4) is 5.75 Å². The van der Waals surface area contributed by atoms with Crippen LogP contribution in [0.2, 0.25) is 0 Å². The van der Waals surface area contributed by atoms with Crippen LogP contribution in [-0.2, 0) is 16.0 Å². The highest BCUT2D eigenvalue weighted by atomic mass is 19.1. The van der Waals surface area contributed by atoms with Gasteiger partial charge >= 0.3 is 6.16 Å². The quantitative estimate of drug-likeness (QED) is 0.437. The second kappa shape index (κ2) is 9.54. The van der Waals surface area contributed by atoms with Crippen LogP contribution < -0.4 is 15.4 Å². The van der Waals surface area contributed by atoms with Gasteiger partial charge in [-0.2, -0.15) is 0 Å². The molecular formula is C23H25FN2O4. The van der Waals surface area contributed by atoms with Crippen molar-refractivity contribution in [2.75, 3.05) is 18.1 Å². The van der Waals surface area contributed by atoms with Crippen LogP contribution in [0.4, 0.5) is 14.9 Å². The number of carbonyl (C=O) groups excluding carboxylic acids is 2. The van der Waals surface area contributed by atoms with Gasteiger partial charge in [0.05, 0.1) is 5.69 Å². The fraction of sp³-hybridized carbons (Fsp3) is 0.304. The number of anilines is 1. The molecule has 1 heterocycles. The van der Waals surface area contributed by atoms with E-state index >= 15 is 0 Å². The van der Waals surface area contributed by atoms with Crippen LogP contribution in [0.1, 0.15) is 35.6 Å². The number of hydrogen-bond donors (Lipinski definition) is 1. The molecule has 6 nitrogen and oxygen atoms in total. The number of rotatable bonds is 6. The smallest absolute Gasteiger partial charge is 0.430 e. The summed E-state index contributed by atoms with van der Waals surface area (Å²) in [7, 11) is 0. The Kier molecular flexibility index (Phi) is 6.84. The molecule has 2 aromatic carbocycles. The highest BCUT2D eigenvalue weighted by Gasteiger charge is 2.27. The molecule has 0 radical (unpaired) electrons. The maximum absolute atomic E-state index is 14.4. The number of nitrogens with two attached hydrogens (primary N) is 1. The Labute approximate surface area is 175 Å². The molecule has 30 heavy (non-hydrogen) atoms. The van der Waals surface area contributed by atoms with Crippen molar-refractivity contribution in [2.24, 2.45) is 5.73 Å². The molecule has 1 aliphatic heterocycles. The van der Waals surface area contributed by atoms with Gasteiger partial charge in [-0.15, -0.1) is 0 Å². The van der Waals surface area contributed by atoms with E-state index in [2.05, 4.69) is 6.58 Å². The van der Waals surface area contributed by atoms with Gasteiger partial charge in [-0.3, -0.25) is 4.79 Å². The summed E-state index contributed by atoms with van der Waals surface area (Å²) in [6.45, 7) is 5.81. The summed E-state index contributed by atoms with van der Waals surface area (Å²) in [5.41, 5.74) is 9.02. The van der Waals surface area contributed by atoms with Crippen molar-refractivity contribution in [1.29, 1.82) is 0 Å². The molecule has 0 saturated heterocycles. The van der Waals surface area contributed by atoms with Crippen molar-refractivity contribution < 1.29 is 23.5 Å². The van der Waals surface area contributed by atoms with E-state index in [4.69, 9.17) is 15.2 Å². The van der Waals surface area contributed by atoms with E-state index in [1.54, 1.807) is 24.3 Å². The fourth-order valence-electron chi connectivity index (χ4n) is 3.64. The molecule has 7 heteroatoms. The monoisotopic (exact) mass is 412 g/mol. The Bertz CT molecular complexity index is 960. The van der Waals surface area contributed by atoms with Gasteiger partial charge in [-0.05, 0) is 54.7 Å². The lowest BCUT2D eigenvalue weighted by molar-refractivity contribution is -0.119. The zero-order valence-electron chi connectivity index (χ0n) is 16.9. The highest BCUT2D eigenvalue weighted by Crippen LogP contribution is 2.32. The lowest BCUT2D eigenvalue weighted by Gasteiger charge is -2.30. The average Bonchev–Trinajstić information content (AvgIpc) is 2.72. The Morgan fingerprint density at radius 2 is 2.13 bits per heavy atom. The number of nitrogens with zero attached hydrogens (tertiary/aromatic N) is 1. The maximum atomic E-state index is 14.4. The predicted molar refractivity (Wildman–Crippen MR) is 112 cm³/mol. The van der Waals surface area contributed by atoms with Gasteiger partial charge < -0.3 is 20.1 Å². The van der Waals surface area contributed by atoms with Crippen LogP contribution in [0.3, 0.4) is 0 Å². The molecule has 1 amide bonds. The lowest BCUT2D eigenvalue weighted by Crippen LogP contribution is -2.38. The van der Waals surface area contributed by atoms with Crippen molar-refractivity contribution in [3.63, 3.8) is 0 Å². The summed E-state index contributed by atoms with van der Waals surface area (Å²) < 4.78 is 24.2. The van der Waals surface area contributed by atoms with E-state index in [9.17, 15) is 14.0 Å². The van der Waals surface area contributed by atoms with Crippen LogP contribution in [0, 0.1) is 12.7 Å². The van der Waals surface area contributed by atoms with Gasteiger partial charge in [0.15, 0.2) is 0 Å². The van der Waals surface area contributed by atoms with Crippen LogP contribution in [-0.4, -0.2) is 25.2 Å². The van der Waals surface area contributed by atoms with E-state index in [1.165, 1.54) is 17.0 Å². The standard InChI is InChI=1S/C23H25FN2O4/c1-3-12-29-23(28)30-17-9-10-18(15(2)13-17)20(25)14-21(27)26-11-5-7-16-6-4-8-19(24)22(16)26/h3-4,6,8-10,13,20H,1,5,7,11-12,14,25H2,2H3. The molecule has 0 spiro atoms. The van der Waals surface area contributed by atoms with Gasteiger partial charge in [-0.25, -0.2) is 9.18 Å². The van der Waals surface area contributed by atoms with Crippen LogP contribution in [0.25, 0.3) is 0 Å². The first-order valence-corrected chi connectivity index (χ1v) is 9.80. The van der Waals surface area contributed by atoms with E-state index in [-0.39, 0.29) is 18.9 Å².